The van der Waals surface area contributed by atoms with Crippen LogP contribution in [0, 0.1) is 16.4 Å². The van der Waals surface area contributed by atoms with Gasteiger partial charge in [-0.25, -0.2) is 4.98 Å². The second-order valence-corrected chi connectivity index (χ2v) is 9.24. The molecule has 31 heavy (non-hydrogen) atoms. The first-order valence-electron chi connectivity index (χ1n) is 10.2. The summed E-state index contributed by atoms with van der Waals surface area (Å²) in [6.45, 7) is 2.93. The predicted octanol–water partition coefficient (Wildman–Crippen LogP) is 3.64. The largest absolute Gasteiger partial charge is 0.370 e. The van der Waals surface area contributed by atoms with Crippen molar-refractivity contribution >= 4 is 63.5 Å². The molecular formula is C22H21IN6O2. The molecule has 0 spiro atoms. The molecule has 1 aliphatic carbocycles. The van der Waals surface area contributed by atoms with Gasteiger partial charge in [0.05, 0.1) is 12.6 Å². The number of hydrogen-bond acceptors (Lipinski definition) is 6. The molecule has 1 aromatic carbocycles. The first kappa shape index (κ1) is 20.0. The molecule has 0 bridgehead atoms. The van der Waals surface area contributed by atoms with Gasteiger partial charge in [-0.3, -0.25) is 14.9 Å². The standard InChI is InChI=1S/C22H21IN6O2/c1-12-2-5-16(23)8-17(12)26-18-9-19(24-10-13-3-4-13)29-21(27-18)15(11-25-29)6-14-7-20(30)28-22(14)31/h2,5-6,8-9,11,13,24H,3-4,7,10H2,1H3,(H,26,27)(H,28,30,31)/b14-6+. The summed E-state index contributed by atoms with van der Waals surface area (Å²) in [5.74, 6) is 1.56. The van der Waals surface area contributed by atoms with Crippen LogP contribution in [0.2, 0.25) is 0 Å². The minimum absolute atomic E-state index is 0.0720. The molecule has 0 radical (unpaired) electrons. The number of rotatable bonds is 6. The minimum Gasteiger partial charge on any atom is -0.370 e. The number of imide groups is 1. The Labute approximate surface area is 192 Å². The molecule has 3 aromatic rings. The third-order valence-corrected chi connectivity index (χ3v) is 6.13. The number of amides is 2. The van der Waals surface area contributed by atoms with E-state index in [0.717, 1.165) is 27.2 Å². The average Bonchev–Trinajstić information content (AvgIpc) is 3.40. The Balaban J connectivity index is 1.56. The predicted molar refractivity (Wildman–Crippen MR) is 127 cm³/mol. The summed E-state index contributed by atoms with van der Waals surface area (Å²) < 4.78 is 2.88. The van der Waals surface area contributed by atoms with Gasteiger partial charge in [-0.15, -0.1) is 0 Å². The van der Waals surface area contributed by atoms with Crippen LogP contribution in [0.5, 0.6) is 0 Å². The SMILES string of the molecule is Cc1ccc(I)cc1Nc1cc(NCC2CC2)n2ncc(/C=C3\CC(=O)NC3=O)c2n1. The lowest BCUT2D eigenvalue weighted by Crippen LogP contribution is -2.19. The highest BCUT2D eigenvalue weighted by molar-refractivity contribution is 14.1. The number of carbonyl (C=O) groups excluding carboxylic acids is 2. The number of aryl methyl sites for hydroxylation is 1. The monoisotopic (exact) mass is 528 g/mol. The van der Waals surface area contributed by atoms with Crippen molar-refractivity contribution in [1.82, 2.24) is 19.9 Å². The lowest BCUT2D eigenvalue weighted by atomic mass is 10.1. The van der Waals surface area contributed by atoms with E-state index >= 15 is 0 Å². The second kappa shape index (κ2) is 7.95. The maximum absolute atomic E-state index is 12.0. The molecule has 8 nitrogen and oxygen atoms in total. The molecule has 0 unspecified atom stereocenters. The van der Waals surface area contributed by atoms with E-state index in [2.05, 4.69) is 61.8 Å². The van der Waals surface area contributed by atoms with E-state index in [1.807, 2.05) is 13.0 Å². The van der Waals surface area contributed by atoms with Gasteiger partial charge < -0.3 is 10.6 Å². The van der Waals surface area contributed by atoms with Gasteiger partial charge in [0, 0.05) is 33.0 Å². The minimum atomic E-state index is -0.361. The Morgan fingerprint density at radius 1 is 1.29 bits per heavy atom. The van der Waals surface area contributed by atoms with Crippen molar-refractivity contribution in [3.8, 4) is 0 Å². The van der Waals surface area contributed by atoms with Gasteiger partial charge in [0.2, 0.25) is 5.91 Å². The number of aromatic nitrogens is 3. The van der Waals surface area contributed by atoms with Gasteiger partial charge in [-0.05, 0) is 72.0 Å². The van der Waals surface area contributed by atoms with E-state index in [4.69, 9.17) is 4.98 Å². The Bertz CT molecular complexity index is 1240. The number of fused-ring (bicyclic) bond motifs is 1. The highest BCUT2D eigenvalue weighted by Gasteiger charge is 2.25. The van der Waals surface area contributed by atoms with Crippen LogP contribution in [-0.4, -0.2) is 33.0 Å². The van der Waals surface area contributed by atoms with Gasteiger partial charge in [-0.2, -0.15) is 9.61 Å². The van der Waals surface area contributed by atoms with Crippen molar-refractivity contribution in [3.05, 3.63) is 50.7 Å². The van der Waals surface area contributed by atoms with Crippen molar-refractivity contribution in [1.29, 1.82) is 0 Å². The summed E-state index contributed by atoms with van der Waals surface area (Å²) >= 11 is 2.29. The van der Waals surface area contributed by atoms with Crippen LogP contribution in [-0.2, 0) is 9.59 Å². The molecule has 2 aliphatic rings. The molecule has 1 aliphatic heterocycles. The maximum atomic E-state index is 12.0. The number of anilines is 3. The zero-order valence-electron chi connectivity index (χ0n) is 16.9. The Kier molecular flexibility index (Phi) is 5.12. The van der Waals surface area contributed by atoms with Crippen LogP contribution in [0.1, 0.15) is 30.4 Å². The molecular weight excluding hydrogens is 507 g/mol. The van der Waals surface area contributed by atoms with Crippen molar-refractivity contribution in [3.63, 3.8) is 0 Å². The molecule has 3 N–H and O–H groups in total. The number of nitrogens with one attached hydrogen (secondary N) is 3. The fourth-order valence-corrected chi connectivity index (χ4v) is 4.01. The van der Waals surface area contributed by atoms with Crippen molar-refractivity contribution in [2.24, 2.45) is 5.92 Å². The molecule has 1 saturated heterocycles. The molecule has 0 atom stereocenters. The van der Waals surface area contributed by atoms with E-state index in [1.165, 1.54) is 12.8 Å². The highest BCUT2D eigenvalue weighted by Crippen LogP contribution is 2.30. The lowest BCUT2D eigenvalue weighted by molar-refractivity contribution is -0.124. The Morgan fingerprint density at radius 2 is 2.13 bits per heavy atom. The molecule has 5 rings (SSSR count). The van der Waals surface area contributed by atoms with Crippen LogP contribution in [0.25, 0.3) is 11.7 Å². The van der Waals surface area contributed by atoms with Gasteiger partial charge in [0.1, 0.15) is 11.6 Å². The second-order valence-electron chi connectivity index (χ2n) is 7.99. The number of nitrogens with zero attached hydrogens (tertiary/aromatic N) is 3. The number of carbonyl (C=O) groups is 2. The topological polar surface area (TPSA) is 100 Å². The molecule has 3 heterocycles. The van der Waals surface area contributed by atoms with E-state index < -0.39 is 0 Å². The third-order valence-electron chi connectivity index (χ3n) is 5.46. The zero-order valence-corrected chi connectivity index (χ0v) is 19.1. The molecule has 1 saturated carbocycles. The summed E-state index contributed by atoms with van der Waals surface area (Å²) in [5, 5.41) is 13.7. The smallest absolute Gasteiger partial charge is 0.254 e. The third kappa shape index (κ3) is 4.27. The normalized spacial score (nSPS) is 17.4. The number of halogens is 1. The average molecular weight is 528 g/mol. The quantitative estimate of drug-likeness (QED) is 0.257. The first-order valence-corrected chi connectivity index (χ1v) is 11.2. The molecule has 2 aromatic heterocycles. The highest BCUT2D eigenvalue weighted by atomic mass is 127. The van der Waals surface area contributed by atoms with E-state index in [0.29, 0.717) is 28.5 Å². The molecule has 158 valence electrons. The van der Waals surface area contributed by atoms with Gasteiger partial charge in [0.25, 0.3) is 5.91 Å². The molecule has 9 heteroatoms. The van der Waals surface area contributed by atoms with Crippen molar-refractivity contribution in [2.45, 2.75) is 26.2 Å². The summed E-state index contributed by atoms with van der Waals surface area (Å²) in [4.78, 5) is 28.3. The maximum Gasteiger partial charge on any atom is 0.254 e. The van der Waals surface area contributed by atoms with Crippen molar-refractivity contribution in [2.75, 3.05) is 17.2 Å². The Hall–Kier alpha value is -2.95. The van der Waals surface area contributed by atoms with Gasteiger partial charge >= 0.3 is 0 Å². The first-order chi connectivity index (χ1) is 15.0. The fourth-order valence-electron chi connectivity index (χ4n) is 3.52. The van der Waals surface area contributed by atoms with Crippen LogP contribution >= 0.6 is 22.6 Å². The summed E-state index contributed by atoms with van der Waals surface area (Å²) in [6, 6.07) is 8.16. The van der Waals surface area contributed by atoms with E-state index in [-0.39, 0.29) is 18.2 Å². The van der Waals surface area contributed by atoms with Crippen LogP contribution < -0.4 is 16.0 Å². The van der Waals surface area contributed by atoms with Crippen LogP contribution in [0.15, 0.2) is 36.0 Å². The van der Waals surface area contributed by atoms with Gasteiger partial charge in [0.15, 0.2) is 5.65 Å². The number of benzene rings is 1. The van der Waals surface area contributed by atoms with Crippen LogP contribution in [0.3, 0.4) is 0 Å². The summed E-state index contributed by atoms with van der Waals surface area (Å²) in [5.41, 5.74) is 3.83. The van der Waals surface area contributed by atoms with E-state index in [1.54, 1.807) is 16.8 Å². The number of hydrogen-bond donors (Lipinski definition) is 3. The van der Waals surface area contributed by atoms with Gasteiger partial charge in [-0.1, -0.05) is 6.07 Å². The van der Waals surface area contributed by atoms with Crippen LogP contribution in [0.4, 0.5) is 17.3 Å². The summed E-state index contributed by atoms with van der Waals surface area (Å²) in [6.07, 6.45) is 5.93. The Morgan fingerprint density at radius 3 is 2.87 bits per heavy atom. The molecule has 2 fully saturated rings. The summed E-state index contributed by atoms with van der Waals surface area (Å²) in [7, 11) is 0. The fraction of sp³-hybridized carbons (Fsp3) is 0.273. The molecule has 2 amide bonds. The van der Waals surface area contributed by atoms with Crippen molar-refractivity contribution < 1.29 is 9.59 Å². The lowest BCUT2D eigenvalue weighted by Gasteiger charge is -2.13. The zero-order chi connectivity index (χ0) is 21.5. The van der Waals surface area contributed by atoms with E-state index in [9.17, 15) is 9.59 Å².